The molecule has 0 atom stereocenters. The second kappa shape index (κ2) is 13.1. The zero-order chi connectivity index (χ0) is 29.4. The number of carbonyl (C=O) groups is 2. The van der Waals surface area contributed by atoms with Gasteiger partial charge in [0.25, 0.3) is 5.91 Å². The molecule has 7 nitrogen and oxygen atoms in total. The fraction of sp³-hybridized carbons (Fsp3) is 0.167. The number of carbonyl (C=O) groups excluding carboxylic acids is 2. The van der Waals surface area contributed by atoms with Crippen molar-refractivity contribution in [2.24, 2.45) is 0 Å². The molecule has 1 aromatic heterocycles. The fourth-order valence-electron chi connectivity index (χ4n) is 5.33. The van der Waals surface area contributed by atoms with Gasteiger partial charge in [-0.05, 0) is 41.0 Å². The average molecular weight is 568 g/mol. The fourth-order valence-corrected chi connectivity index (χ4v) is 5.33. The van der Waals surface area contributed by atoms with Gasteiger partial charge in [0, 0.05) is 43.9 Å². The first-order chi connectivity index (χ1) is 21.1. The number of hydrogen-bond acceptors (Lipinski definition) is 5. The summed E-state index contributed by atoms with van der Waals surface area (Å²) >= 11 is 0. The summed E-state index contributed by atoms with van der Waals surface area (Å²) < 4.78 is 0. The van der Waals surface area contributed by atoms with Crippen LogP contribution in [0.5, 0.6) is 0 Å². The molecule has 5 aromatic rings. The van der Waals surface area contributed by atoms with Crippen molar-refractivity contribution in [3.63, 3.8) is 0 Å². The van der Waals surface area contributed by atoms with Gasteiger partial charge < -0.3 is 14.7 Å². The van der Waals surface area contributed by atoms with E-state index in [1.807, 2.05) is 83.8 Å². The number of hydrogen-bond donors (Lipinski definition) is 0. The lowest BCUT2D eigenvalue weighted by molar-refractivity contribution is -0.132. The van der Waals surface area contributed by atoms with Gasteiger partial charge in [-0.25, -0.2) is 0 Å². The van der Waals surface area contributed by atoms with E-state index >= 15 is 0 Å². The van der Waals surface area contributed by atoms with E-state index in [-0.39, 0.29) is 18.4 Å². The average Bonchev–Trinajstić information content (AvgIpc) is 3.09. The van der Waals surface area contributed by atoms with Crippen LogP contribution in [0.25, 0.3) is 22.4 Å². The number of benzene rings is 4. The molecule has 0 bridgehead atoms. The second-order valence-corrected chi connectivity index (χ2v) is 10.6. The molecule has 1 saturated heterocycles. The monoisotopic (exact) mass is 567 g/mol. The van der Waals surface area contributed by atoms with E-state index in [1.165, 1.54) is 5.56 Å². The summed E-state index contributed by atoms with van der Waals surface area (Å²) in [4.78, 5) is 32.3. The van der Waals surface area contributed by atoms with Crippen molar-refractivity contribution in [2.45, 2.75) is 6.54 Å². The molecule has 2 heterocycles. The van der Waals surface area contributed by atoms with E-state index in [1.54, 1.807) is 17.0 Å². The Morgan fingerprint density at radius 3 is 1.81 bits per heavy atom. The van der Waals surface area contributed by atoms with Gasteiger partial charge in [0.1, 0.15) is 6.54 Å². The third-order valence-corrected chi connectivity index (χ3v) is 7.74. The Morgan fingerprint density at radius 2 is 1.19 bits per heavy atom. The molecule has 1 fully saturated rings. The molecule has 0 N–H and O–H groups in total. The van der Waals surface area contributed by atoms with Gasteiger partial charge in [-0.2, -0.15) is 0 Å². The predicted molar refractivity (Wildman–Crippen MR) is 169 cm³/mol. The summed E-state index contributed by atoms with van der Waals surface area (Å²) in [5.74, 6) is 0.587. The normalized spacial score (nSPS) is 13.0. The van der Waals surface area contributed by atoms with Crippen LogP contribution in [-0.4, -0.2) is 64.5 Å². The highest BCUT2D eigenvalue weighted by Gasteiger charge is 2.26. The molecular weight excluding hydrogens is 534 g/mol. The highest BCUT2D eigenvalue weighted by molar-refractivity contribution is 5.96. The SMILES string of the molecule is O=C(CN(Cc1ccccc1)C(=O)c1ccccc1)N1CCN(c2ccc(-c3ccc(-c4ccccc4)cc3)nn2)CC1. The maximum Gasteiger partial charge on any atom is 0.254 e. The maximum absolute atomic E-state index is 13.4. The molecule has 214 valence electrons. The minimum absolute atomic E-state index is 0.0280. The Kier molecular flexibility index (Phi) is 8.50. The summed E-state index contributed by atoms with van der Waals surface area (Å²) in [7, 11) is 0. The zero-order valence-electron chi connectivity index (χ0n) is 23.9. The molecule has 0 spiro atoms. The number of anilines is 1. The maximum atomic E-state index is 13.4. The second-order valence-electron chi connectivity index (χ2n) is 10.6. The Labute approximate surface area is 252 Å². The first-order valence-corrected chi connectivity index (χ1v) is 14.5. The van der Waals surface area contributed by atoms with Gasteiger partial charge in [0.15, 0.2) is 5.82 Å². The standard InChI is InChI=1S/C36H33N5O2/c42-35(27-41(26-28-10-4-1-5-11-28)36(43)32-14-8-3-9-15-32)40-24-22-39(23-25-40)34-21-20-33(37-38-34)31-18-16-30(17-19-31)29-12-6-2-7-13-29/h1-21H,22-27H2. The smallest absolute Gasteiger partial charge is 0.254 e. The summed E-state index contributed by atoms with van der Waals surface area (Å²) in [6, 6.07) is 41.5. The molecule has 0 aliphatic carbocycles. The van der Waals surface area contributed by atoms with Crippen LogP contribution in [0.15, 0.2) is 127 Å². The highest BCUT2D eigenvalue weighted by atomic mass is 16.2. The Balaban J connectivity index is 1.06. The van der Waals surface area contributed by atoms with Crippen molar-refractivity contribution < 1.29 is 9.59 Å². The molecule has 0 radical (unpaired) electrons. The van der Waals surface area contributed by atoms with Crippen molar-refractivity contribution in [3.05, 3.63) is 139 Å². The zero-order valence-corrected chi connectivity index (χ0v) is 23.9. The van der Waals surface area contributed by atoms with Crippen molar-refractivity contribution >= 4 is 17.6 Å². The lowest BCUT2D eigenvalue weighted by Crippen LogP contribution is -2.52. The molecule has 1 aliphatic heterocycles. The van der Waals surface area contributed by atoms with E-state index in [0.29, 0.717) is 38.3 Å². The molecule has 43 heavy (non-hydrogen) atoms. The molecule has 0 unspecified atom stereocenters. The largest absolute Gasteiger partial charge is 0.352 e. The van der Waals surface area contributed by atoms with Crippen molar-refractivity contribution in [1.29, 1.82) is 0 Å². The molecule has 1 aliphatic rings. The van der Waals surface area contributed by atoms with Crippen LogP contribution in [-0.2, 0) is 11.3 Å². The lowest BCUT2D eigenvalue weighted by Gasteiger charge is -2.36. The topological polar surface area (TPSA) is 69.6 Å². The van der Waals surface area contributed by atoms with Gasteiger partial charge in [-0.1, -0.05) is 103 Å². The van der Waals surface area contributed by atoms with E-state index in [2.05, 4.69) is 51.5 Å². The quantitative estimate of drug-likeness (QED) is 0.237. The van der Waals surface area contributed by atoms with Crippen LogP contribution in [0.1, 0.15) is 15.9 Å². The summed E-state index contributed by atoms with van der Waals surface area (Å²) in [5, 5.41) is 8.99. The molecule has 2 amide bonds. The lowest BCUT2D eigenvalue weighted by atomic mass is 10.0. The number of piperazine rings is 1. The van der Waals surface area contributed by atoms with Gasteiger partial charge in [0.2, 0.25) is 5.91 Å². The van der Waals surface area contributed by atoms with E-state index in [4.69, 9.17) is 0 Å². The van der Waals surface area contributed by atoms with Crippen molar-refractivity contribution in [1.82, 2.24) is 20.0 Å². The van der Waals surface area contributed by atoms with Crippen LogP contribution < -0.4 is 4.90 Å². The van der Waals surface area contributed by atoms with E-state index < -0.39 is 0 Å². The Hall–Kier alpha value is -5.30. The predicted octanol–water partition coefficient (Wildman–Crippen LogP) is 5.80. The summed E-state index contributed by atoms with van der Waals surface area (Å²) in [6.07, 6.45) is 0. The van der Waals surface area contributed by atoms with E-state index in [9.17, 15) is 9.59 Å². The van der Waals surface area contributed by atoms with Crippen LogP contribution >= 0.6 is 0 Å². The Bertz CT molecular complexity index is 1640. The summed E-state index contributed by atoms with van der Waals surface area (Å²) in [6.45, 7) is 2.81. The van der Waals surface area contributed by atoms with Gasteiger partial charge >= 0.3 is 0 Å². The van der Waals surface area contributed by atoms with Gasteiger partial charge in [0.05, 0.1) is 5.69 Å². The minimum atomic E-state index is -0.151. The van der Waals surface area contributed by atoms with Gasteiger partial charge in [-0.15, -0.1) is 10.2 Å². The number of amides is 2. The van der Waals surface area contributed by atoms with Crippen molar-refractivity contribution in [3.8, 4) is 22.4 Å². The number of aromatic nitrogens is 2. The molecule has 4 aromatic carbocycles. The van der Waals surface area contributed by atoms with Crippen LogP contribution in [0.4, 0.5) is 5.82 Å². The molecule has 6 rings (SSSR count). The number of rotatable bonds is 8. The third kappa shape index (κ3) is 6.79. The molecule has 0 saturated carbocycles. The third-order valence-electron chi connectivity index (χ3n) is 7.74. The highest BCUT2D eigenvalue weighted by Crippen LogP contribution is 2.24. The van der Waals surface area contributed by atoms with Crippen LogP contribution in [0, 0.1) is 0 Å². The van der Waals surface area contributed by atoms with Crippen LogP contribution in [0.2, 0.25) is 0 Å². The minimum Gasteiger partial charge on any atom is -0.352 e. The van der Waals surface area contributed by atoms with Crippen LogP contribution in [0.3, 0.4) is 0 Å². The van der Waals surface area contributed by atoms with Crippen molar-refractivity contribution in [2.75, 3.05) is 37.6 Å². The first kappa shape index (κ1) is 27.8. The number of nitrogens with zero attached hydrogens (tertiary/aromatic N) is 5. The first-order valence-electron chi connectivity index (χ1n) is 14.5. The Morgan fingerprint density at radius 1 is 0.605 bits per heavy atom. The molecular formula is C36H33N5O2. The van der Waals surface area contributed by atoms with Gasteiger partial charge in [-0.3, -0.25) is 9.59 Å². The molecule has 7 heteroatoms. The van der Waals surface area contributed by atoms with E-state index in [0.717, 1.165) is 28.2 Å². The summed E-state index contributed by atoms with van der Waals surface area (Å²) in [5.41, 5.74) is 5.73.